The summed E-state index contributed by atoms with van der Waals surface area (Å²) in [6.45, 7) is 2.07. The molecule has 0 radical (unpaired) electrons. The molecule has 222 valence electrons. The van der Waals surface area contributed by atoms with E-state index in [9.17, 15) is 28.3 Å². The first-order chi connectivity index (χ1) is 19.6. The standard InChI is InChI=1S/C29H33ClF3N3O4S/c1-40-20-5-8-24-22(17-20)26(23(30)18-34-24)25(37)9-10-28(27(38)35-39)11-14-36(15-12-28)13-2-16-41-21-6-3-19(4-7-21)29(31,32)33/h3-8,17-18,25,37,39H,2,9-16H2,1H3,(H,35,38)/t25-/m1/s1. The quantitative estimate of drug-likeness (QED) is 0.0986. The van der Waals surface area contributed by atoms with Crippen molar-refractivity contribution in [3.8, 4) is 5.75 Å². The molecule has 1 atom stereocenters. The maximum absolute atomic E-state index is 12.8. The number of hydrogen-bond acceptors (Lipinski definition) is 7. The maximum Gasteiger partial charge on any atom is 0.416 e. The number of nitrogens with one attached hydrogen (secondary N) is 1. The van der Waals surface area contributed by atoms with Crippen LogP contribution in [-0.2, 0) is 11.0 Å². The number of methoxy groups -OCH3 is 1. The van der Waals surface area contributed by atoms with Gasteiger partial charge in [-0.25, -0.2) is 5.48 Å². The number of likely N-dealkylation sites (tertiary alicyclic amines) is 1. The number of rotatable bonds is 11. The Morgan fingerprint density at radius 2 is 1.93 bits per heavy atom. The lowest BCUT2D eigenvalue weighted by atomic mass is 9.73. The number of hydrogen-bond donors (Lipinski definition) is 3. The molecule has 1 amide bonds. The Morgan fingerprint density at radius 1 is 1.22 bits per heavy atom. The van der Waals surface area contributed by atoms with Gasteiger partial charge in [-0.15, -0.1) is 11.8 Å². The van der Waals surface area contributed by atoms with Gasteiger partial charge in [0.05, 0.1) is 34.7 Å². The number of carbonyl (C=O) groups excluding carboxylic acids is 1. The minimum absolute atomic E-state index is 0.257. The summed E-state index contributed by atoms with van der Waals surface area (Å²) < 4.78 is 43.6. The van der Waals surface area contributed by atoms with E-state index in [-0.39, 0.29) is 6.42 Å². The third-order valence-corrected chi connectivity index (χ3v) is 9.16. The number of ether oxygens (including phenoxy) is 1. The van der Waals surface area contributed by atoms with Crippen LogP contribution in [0.15, 0.2) is 53.6 Å². The van der Waals surface area contributed by atoms with Crippen LogP contribution in [-0.4, -0.2) is 58.6 Å². The highest BCUT2D eigenvalue weighted by atomic mass is 35.5. The van der Waals surface area contributed by atoms with Crippen molar-refractivity contribution in [2.24, 2.45) is 5.41 Å². The third kappa shape index (κ3) is 7.64. The van der Waals surface area contributed by atoms with E-state index in [2.05, 4.69) is 9.88 Å². The first-order valence-electron chi connectivity index (χ1n) is 13.3. The van der Waals surface area contributed by atoms with Crippen molar-refractivity contribution in [2.75, 3.05) is 32.5 Å². The van der Waals surface area contributed by atoms with Crippen molar-refractivity contribution in [2.45, 2.75) is 49.3 Å². The average molecular weight is 612 g/mol. The lowest BCUT2D eigenvalue weighted by Gasteiger charge is -2.40. The molecule has 1 aromatic heterocycles. The summed E-state index contributed by atoms with van der Waals surface area (Å²) in [5.74, 6) is 0.896. The van der Waals surface area contributed by atoms with Crippen LogP contribution in [0, 0.1) is 5.41 Å². The molecule has 1 aliphatic heterocycles. The van der Waals surface area contributed by atoms with E-state index in [1.807, 2.05) is 5.48 Å². The number of thioether (sulfide) groups is 1. The molecule has 3 N–H and O–H groups in total. The van der Waals surface area contributed by atoms with Gasteiger partial charge in [-0.05, 0) is 100.0 Å². The average Bonchev–Trinajstić information content (AvgIpc) is 2.97. The van der Waals surface area contributed by atoms with Crippen LogP contribution in [0.4, 0.5) is 13.2 Å². The SMILES string of the molecule is COc1ccc2ncc(Cl)c([C@H](O)CCC3(C(=O)NO)CCN(CCCSc4ccc(C(F)(F)F)cc4)CC3)c2c1. The molecular weight excluding hydrogens is 579 g/mol. The summed E-state index contributed by atoms with van der Waals surface area (Å²) in [6, 6.07) is 10.5. The number of piperidine rings is 1. The number of halogens is 4. The molecule has 1 fully saturated rings. The summed E-state index contributed by atoms with van der Waals surface area (Å²) in [5.41, 5.74) is 1.52. The fraction of sp³-hybridized carbons (Fsp3) is 0.448. The predicted molar refractivity (Wildman–Crippen MR) is 152 cm³/mol. The molecule has 41 heavy (non-hydrogen) atoms. The lowest BCUT2D eigenvalue weighted by Crippen LogP contribution is -2.48. The van der Waals surface area contributed by atoms with E-state index in [0.29, 0.717) is 59.6 Å². The van der Waals surface area contributed by atoms with Crippen molar-refractivity contribution in [3.63, 3.8) is 0 Å². The number of carbonyl (C=O) groups is 1. The molecule has 2 heterocycles. The number of pyridine rings is 1. The minimum Gasteiger partial charge on any atom is -0.497 e. The monoisotopic (exact) mass is 611 g/mol. The molecule has 12 heteroatoms. The Bertz CT molecular complexity index is 1340. The van der Waals surface area contributed by atoms with Gasteiger partial charge in [-0.2, -0.15) is 13.2 Å². The molecule has 0 saturated carbocycles. The Kier molecular flexibility index (Phi) is 10.4. The fourth-order valence-corrected chi connectivity index (χ4v) is 6.44. The highest BCUT2D eigenvalue weighted by Crippen LogP contribution is 2.41. The largest absolute Gasteiger partial charge is 0.497 e. The zero-order valence-corrected chi connectivity index (χ0v) is 24.2. The molecule has 7 nitrogen and oxygen atoms in total. The number of aromatic nitrogens is 1. The van der Waals surface area contributed by atoms with Gasteiger partial charge < -0.3 is 14.7 Å². The first-order valence-corrected chi connectivity index (χ1v) is 14.7. The van der Waals surface area contributed by atoms with Crippen molar-refractivity contribution >= 4 is 40.2 Å². The zero-order valence-electron chi connectivity index (χ0n) is 22.6. The van der Waals surface area contributed by atoms with E-state index < -0.39 is 29.2 Å². The van der Waals surface area contributed by atoms with Crippen LogP contribution in [0.1, 0.15) is 49.3 Å². The van der Waals surface area contributed by atoms with Crippen LogP contribution in [0.2, 0.25) is 5.02 Å². The van der Waals surface area contributed by atoms with E-state index in [1.165, 1.54) is 30.1 Å². The predicted octanol–water partition coefficient (Wildman–Crippen LogP) is 6.50. The lowest BCUT2D eigenvalue weighted by molar-refractivity contribution is -0.144. The molecule has 0 bridgehead atoms. The highest BCUT2D eigenvalue weighted by molar-refractivity contribution is 7.99. The number of fused-ring (bicyclic) bond motifs is 1. The molecule has 3 aromatic rings. The molecule has 1 saturated heterocycles. The molecule has 4 rings (SSSR count). The van der Waals surface area contributed by atoms with Crippen molar-refractivity contribution in [3.05, 3.63) is 64.8 Å². The van der Waals surface area contributed by atoms with E-state index in [0.717, 1.165) is 35.7 Å². The number of hydroxylamine groups is 1. The Balaban J connectivity index is 1.32. The van der Waals surface area contributed by atoms with E-state index in [4.69, 9.17) is 16.3 Å². The second-order valence-corrected chi connectivity index (χ2v) is 11.8. The Morgan fingerprint density at radius 3 is 2.56 bits per heavy atom. The Hall–Kier alpha value is -2.57. The van der Waals surface area contributed by atoms with Gasteiger partial charge in [0, 0.05) is 22.0 Å². The molecule has 1 aliphatic rings. The smallest absolute Gasteiger partial charge is 0.416 e. The number of aliphatic hydroxyl groups excluding tert-OH is 1. The Labute approximate surface area is 246 Å². The normalized spacial score (nSPS) is 16.5. The summed E-state index contributed by atoms with van der Waals surface area (Å²) in [7, 11) is 1.55. The van der Waals surface area contributed by atoms with Gasteiger partial charge in [0.15, 0.2) is 0 Å². The summed E-state index contributed by atoms with van der Waals surface area (Å²) in [6.07, 6.45) is -1.33. The van der Waals surface area contributed by atoms with Crippen LogP contribution in [0.25, 0.3) is 10.9 Å². The van der Waals surface area contributed by atoms with Gasteiger partial charge in [0.25, 0.3) is 0 Å². The number of alkyl halides is 3. The highest BCUT2D eigenvalue weighted by Gasteiger charge is 2.41. The van der Waals surface area contributed by atoms with Crippen LogP contribution in [0.3, 0.4) is 0 Å². The van der Waals surface area contributed by atoms with Gasteiger partial charge in [-0.1, -0.05) is 11.6 Å². The van der Waals surface area contributed by atoms with Gasteiger partial charge >= 0.3 is 6.18 Å². The van der Waals surface area contributed by atoms with E-state index >= 15 is 0 Å². The molecular formula is C29H33ClF3N3O4S. The van der Waals surface area contributed by atoms with Crippen molar-refractivity contribution in [1.82, 2.24) is 15.4 Å². The topological polar surface area (TPSA) is 94.9 Å². The molecule has 0 spiro atoms. The number of amides is 1. The fourth-order valence-electron chi connectivity index (χ4n) is 5.32. The summed E-state index contributed by atoms with van der Waals surface area (Å²) >= 11 is 7.96. The number of aliphatic hydroxyl groups is 1. The van der Waals surface area contributed by atoms with Gasteiger partial charge in [0.2, 0.25) is 5.91 Å². The van der Waals surface area contributed by atoms with Gasteiger partial charge in [-0.3, -0.25) is 15.0 Å². The third-order valence-electron chi connectivity index (χ3n) is 7.76. The van der Waals surface area contributed by atoms with Crippen LogP contribution in [0.5, 0.6) is 5.75 Å². The zero-order chi connectivity index (χ0) is 29.6. The van der Waals surface area contributed by atoms with Crippen LogP contribution < -0.4 is 10.2 Å². The summed E-state index contributed by atoms with van der Waals surface area (Å²) in [4.78, 5) is 20.2. The van der Waals surface area contributed by atoms with Crippen molar-refractivity contribution < 1.29 is 33.0 Å². The van der Waals surface area contributed by atoms with Crippen molar-refractivity contribution in [1.29, 1.82) is 0 Å². The maximum atomic E-state index is 12.8. The van der Waals surface area contributed by atoms with Crippen LogP contribution >= 0.6 is 23.4 Å². The first kappa shape index (κ1) is 31.4. The van der Waals surface area contributed by atoms with Gasteiger partial charge in [0.1, 0.15) is 5.75 Å². The minimum atomic E-state index is -4.34. The summed E-state index contributed by atoms with van der Waals surface area (Å²) in [5, 5.41) is 21.7. The molecule has 2 aromatic carbocycles. The number of benzene rings is 2. The second-order valence-electron chi connectivity index (χ2n) is 10.2. The van der Waals surface area contributed by atoms with E-state index in [1.54, 1.807) is 25.3 Å². The molecule has 0 unspecified atom stereocenters. The number of nitrogens with zero attached hydrogens (tertiary/aromatic N) is 2. The second kappa shape index (κ2) is 13.6. The molecule has 0 aliphatic carbocycles.